The number of rotatable bonds is 6. The van der Waals surface area contributed by atoms with Gasteiger partial charge in [0.2, 0.25) is 0 Å². The van der Waals surface area contributed by atoms with Crippen molar-refractivity contribution in [2.24, 2.45) is 5.73 Å². The fourth-order valence-electron chi connectivity index (χ4n) is 4.01. The SMILES string of the molecule is N[C@@H]1CN(Cc2ccc(OCC3CCCO3)cc2)C[C@H]1c1ccccc1. The molecule has 4 rings (SSSR count). The summed E-state index contributed by atoms with van der Waals surface area (Å²) in [6.07, 6.45) is 2.51. The molecule has 0 aromatic heterocycles. The van der Waals surface area contributed by atoms with Crippen LogP contribution in [0.2, 0.25) is 0 Å². The van der Waals surface area contributed by atoms with E-state index in [1.807, 2.05) is 0 Å². The van der Waals surface area contributed by atoms with E-state index >= 15 is 0 Å². The van der Waals surface area contributed by atoms with Gasteiger partial charge in [-0.2, -0.15) is 0 Å². The molecule has 4 heteroatoms. The average Bonchev–Trinajstić information content (AvgIpc) is 3.31. The molecule has 2 saturated heterocycles. The maximum Gasteiger partial charge on any atom is 0.119 e. The van der Waals surface area contributed by atoms with Crippen molar-refractivity contribution in [1.82, 2.24) is 4.90 Å². The lowest BCUT2D eigenvalue weighted by Crippen LogP contribution is -2.28. The summed E-state index contributed by atoms with van der Waals surface area (Å²) in [5.74, 6) is 1.34. The number of nitrogens with zero attached hydrogens (tertiary/aromatic N) is 1. The lowest BCUT2D eigenvalue weighted by Gasteiger charge is -2.17. The molecule has 0 saturated carbocycles. The Morgan fingerprint density at radius 3 is 2.58 bits per heavy atom. The van der Waals surface area contributed by atoms with Gasteiger partial charge in [-0.1, -0.05) is 42.5 Å². The smallest absolute Gasteiger partial charge is 0.119 e. The minimum atomic E-state index is 0.200. The van der Waals surface area contributed by atoms with Crippen LogP contribution in [-0.2, 0) is 11.3 Å². The quantitative estimate of drug-likeness (QED) is 0.867. The lowest BCUT2D eigenvalue weighted by atomic mass is 9.95. The van der Waals surface area contributed by atoms with Crippen LogP contribution in [0.3, 0.4) is 0 Å². The Balaban J connectivity index is 1.30. The Bertz CT molecular complexity index is 683. The Hall–Kier alpha value is -1.88. The Labute approximate surface area is 155 Å². The average molecular weight is 352 g/mol. The summed E-state index contributed by atoms with van der Waals surface area (Å²) >= 11 is 0. The van der Waals surface area contributed by atoms with Crippen LogP contribution < -0.4 is 10.5 Å². The van der Waals surface area contributed by atoms with Crippen molar-refractivity contribution in [1.29, 1.82) is 0 Å². The fraction of sp³-hybridized carbons (Fsp3) is 0.455. The van der Waals surface area contributed by atoms with E-state index in [4.69, 9.17) is 15.2 Å². The predicted octanol–water partition coefficient (Wildman–Crippen LogP) is 3.17. The highest BCUT2D eigenvalue weighted by Gasteiger charge is 2.30. The summed E-state index contributed by atoms with van der Waals surface area (Å²) in [7, 11) is 0. The molecule has 4 nitrogen and oxygen atoms in total. The van der Waals surface area contributed by atoms with Gasteiger partial charge in [-0.25, -0.2) is 0 Å². The second-order valence-corrected chi connectivity index (χ2v) is 7.47. The van der Waals surface area contributed by atoms with Crippen molar-refractivity contribution >= 4 is 0 Å². The summed E-state index contributed by atoms with van der Waals surface area (Å²) in [6, 6.07) is 19.3. The largest absolute Gasteiger partial charge is 0.491 e. The van der Waals surface area contributed by atoms with Crippen LogP contribution >= 0.6 is 0 Å². The third kappa shape index (κ3) is 4.26. The maximum atomic E-state index is 6.40. The monoisotopic (exact) mass is 352 g/mol. The van der Waals surface area contributed by atoms with E-state index in [0.717, 1.165) is 44.8 Å². The first-order valence-corrected chi connectivity index (χ1v) is 9.64. The minimum Gasteiger partial charge on any atom is -0.491 e. The molecule has 138 valence electrons. The van der Waals surface area contributed by atoms with Crippen LogP contribution in [0.5, 0.6) is 5.75 Å². The highest BCUT2D eigenvalue weighted by atomic mass is 16.5. The molecule has 2 N–H and O–H groups in total. The number of hydrogen-bond acceptors (Lipinski definition) is 4. The molecule has 0 bridgehead atoms. The molecule has 1 unspecified atom stereocenters. The number of benzene rings is 2. The third-order valence-corrected chi connectivity index (χ3v) is 5.46. The number of hydrogen-bond donors (Lipinski definition) is 1. The molecule has 0 radical (unpaired) electrons. The standard InChI is InChI=1S/C22H28N2O2/c23-22-15-24(14-21(22)18-5-2-1-3-6-18)13-17-8-10-19(11-9-17)26-16-20-7-4-12-25-20/h1-3,5-6,8-11,20-22H,4,7,12-16,23H2/t20?,21-,22+/m0/s1. The van der Waals surface area contributed by atoms with E-state index in [1.165, 1.54) is 11.1 Å². The van der Waals surface area contributed by atoms with E-state index in [2.05, 4.69) is 59.5 Å². The molecule has 26 heavy (non-hydrogen) atoms. The van der Waals surface area contributed by atoms with Crippen LogP contribution in [0.15, 0.2) is 54.6 Å². The van der Waals surface area contributed by atoms with Crippen molar-refractivity contribution in [2.45, 2.75) is 37.5 Å². The molecule has 2 aliphatic rings. The molecule has 0 spiro atoms. The van der Waals surface area contributed by atoms with Crippen molar-refractivity contribution < 1.29 is 9.47 Å². The van der Waals surface area contributed by atoms with E-state index in [-0.39, 0.29) is 12.1 Å². The van der Waals surface area contributed by atoms with Gasteiger partial charge >= 0.3 is 0 Å². The van der Waals surface area contributed by atoms with Crippen LogP contribution in [0, 0.1) is 0 Å². The van der Waals surface area contributed by atoms with Crippen LogP contribution in [0.4, 0.5) is 0 Å². The van der Waals surface area contributed by atoms with Gasteiger partial charge in [-0.05, 0) is 36.1 Å². The highest BCUT2D eigenvalue weighted by molar-refractivity contribution is 5.28. The van der Waals surface area contributed by atoms with Gasteiger partial charge < -0.3 is 15.2 Å². The summed E-state index contributed by atoms with van der Waals surface area (Å²) < 4.78 is 11.4. The van der Waals surface area contributed by atoms with Gasteiger partial charge in [0.05, 0.1) is 6.10 Å². The third-order valence-electron chi connectivity index (χ3n) is 5.46. The zero-order valence-corrected chi connectivity index (χ0v) is 15.2. The Kier molecular flexibility index (Phi) is 5.54. The van der Waals surface area contributed by atoms with Crippen molar-refractivity contribution in [3.8, 4) is 5.75 Å². The van der Waals surface area contributed by atoms with Crippen LogP contribution in [0.1, 0.15) is 29.9 Å². The Morgan fingerprint density at radius 2 is 1.85 bits per heavy atom. The van der Waals surface area contributed by atoms with E-state index < -0.39 is 0 Å². The molecular weight excluding hydrogens is 324 g/mol. The first kappa shape index (κ1) is 17.5. The van der Waals surface area contributed by atoms with E-state index in [0.29, 0.717) is 12.5 Å². The zero-order chi connectivity index (χ0) is 17.8. The van der Waals surface area contributed by atoms with Crippen LogP contribution in [-0.4, -0.2) is 43.3 Å². The Morgan fingerprint density at radius 1 is 1.04 bits per heavy atom. The molecule has 0 amide bonds. The van der Waals surface area contributed by atoms with Crippen LogP contribution in [0.25, 0.3) is 0 Å². The lowest BCUT2D eigenvalue weighted by molar-refractivity contribution is 0.0679. The summed E-state index contributed by atoms with van der Waals surface area (Å²) in [5.41, 5.74) is 9.05. The van der Waals surface area contributed by atoms with Gasteiger partial charge in [0.1, 0.15) is 12.4 Å². The molecule has 3 atom stereocenters. The van der Waals surface area contributed by atoms with Gasteiger partial charge in [-0.3, -0.25) is 4.90 Å². The number of ether oxygens (including phenoxy) is 2. The predicted molar refractivity (Wildman–Crippen MR) is 103 cm³/mol. The molecule has 0 aliphatic carbocycles. The van der Waals surface area contributed by atoms with Gasteiger partial charge in [0.25, 0.3) is 0 Å². The molecule has 2 aromatic carbocycles. The summed E-state index contributed by atoms with van der Waals surface area (Å²) in [4.78, 5) is 2.45. The molecule has 2 fully saturated rings. The van der Waals surface area contributed by atoms with Crippen molar-refractivity contribution in [2.75, 3.05) is 26.3 Å². The van der Waals surface area contributed by atoms with Crippen molar-refractivity contribution in [3.63, 3.8) is 0 Å². The molecular formula is C22H28N2O2. The number of likely N-dealkylation sites (tertiary alicyclic amines) is 1. The first-order valence-electron chi connectivity index (χ1n) is 9.64. The molecule has 2 heterocycles. The van der Waals surface area contributed by atoms with E-state index in [1.54, 1.807) is 0 Å². The second-order valence-electron chi connectivity index (χ2n) is 7.47. The zero-order valence-electron chi connectivity index (χ0n) is 15.2. The molecule has 2 aromatic rings. The summed E-state index contributed by atoms with van der Waals surface area (Å²) in [6.45, 7) is 4.41. The molecule has 2 aliphatic heterocycles. The topological polar surface area (TPSA) is 47.7 Å². The van der Waals surface area contributed by atoms with Gasteiger partial charge in [0, 0.05) is 38.2 Å². The normalized spacial score (nSPS) is 26.3. The maximum absolute atomic E-state index is 6.40. The summed E-state index contributed by atoms with van der Waals surface area (Å²) in [5, 5.41) is 0. The number of nitrogens with two attached hydrogens (primary N) is 1. The fourth-order valence-corrected chi connectivity index (χ4v) is 4.01. The minimum absolute atomic E-state index is 0.200. The van der Waals surface area contributed by atoms with E-state index in [9.17, 15) is 0 Å². The second kappa shape index (κ2) is 8.21. The first-order chi connectivity index (χ1) is 12.8. The van der Waals surface area contributed by atoms with Crippen molar-refractivity contribution in [3.05, 3.63) is 65.7 Å². The highest BCUT2D eigenvalue weighted by Crippen LogP contribution is 2.27. The van der Waals surface area contributed by atoms with Gasteiger partial charge in [0.15, 0.2) is 0 Å². The van der Waals surface area contributed by atoms with Gasteiger partial charge in [-0.15, -0.1) is 0 Å².